The molecule has 0 saturated heterocycles. The Morgan fingerprint density at radius 3 is 2.52 bits per heavy atom. The minimum Gasteiger partial charge on any atom is -0.393 e. The standard InChI is InChI=1S/C28H44O/c1-18(2)19(3)7-8-20(4)24-11-12-25-23-10-9-21-17-22(29)13-15-27(21,5)26(23)14-16-28(24,25)6/h7-8,11-12,18-22,24,26,29H,9-10,13-17H2,1-6H3/b8-7+/t19-,20+,21?,22-,24+,26?,27?,28?/m0/s1. The Hall–Kier alpha value is -0.820. The second-order valence-corrected chi connectivity index (χ2v) is 11.8. The van der Waals surface area contributed by atoms with Crippen LogP contribution in [0.15, 0.2) is 35.5 Å². The van der Waals surface area contributed by atoms with Crippen molar-refractivity contribution in [2.75, 3.05) is 0 Å². The van der Waals surface area contributed by atoms with Gasteiger partial charge in [-0.1, -0.05) is 71.4 Å². The van der Waals surface area contributed by atoms with Crippen molar-refractivity contribution in [1.29, 1.82) is 0 Å². The highest BCUT2D eigenvalue weighted by molar-refractivity contribution is 5.44. The van der Waals surface area contributed by atoms with E-state index in [1.165, 1.54) is 32.1 Å². The van der Waals surface area contributed by atoms with Crippen LogP contribution in [0, 0.1) is 46.3 Å². The average molecular weight is 397 g/mol. The molecule has 0 aliphatic heterocycles. The SMILES string of the molecule is CC(C)[C@@H](C)/C=C/[C@@H](C)[C@H]1C=CC2=C3CCC4C[C@@H](O)CCC4(C)C3CCC21C. The third kappa shape index (κ3) is 3.50. The van der Waals surface area contributed by atoms with Gasteiger partial charge in [0.25, 0.3) is 0 Å². The summed E-state index contributed by atoms with van der Waals surface area (Å²) in [6.07, 6.45) is 18.5. The molecule has 0 heterocycles. The fraction of sp³-hybridized carbons (Fsp3) is 0.786. The van der Waals surface area contributed by atoms with E-state index in [4.69, 9.17) is 0 Å². The molecule has 29 heavy (non-hydrogen) atoms. The minimum atomic E-state index is -0.0484. The summed E-state index contributed by atoms with van der Waals surface area (Å²) in [6.45, 7) is 14.5. The topological polar surface area (TPSA) is 20.2 Å². The van der Waals surface area contributed by atoms with Crippen molar-refractivity contribution in [3.8, 4) is 0 Å². The summed E-state index contributed by atoms with van der Waals surface area (Å²) in [7, 11) is 0. The predicted octanol–water partition coefficient (Wildman–Crippen LogP) is 7.33. The van der Waals surface area contributed by atoms with Crippen molar-refractivity contribution in [2.24, 2.45) is 46.3 Å². The molecule has 0 radical (unpaired) electrons. The van der Waals surface area contributed by atoms with E-state index in [1.807, 2.05) is 0 Å². The molecule has 4 unspecified atom stereocenters. The molecule has 4 aliphatic rings. The van der Waals surface area contributed by atoms with Crippen molar-refractivity contribution in [2.45, 2.75) is 92.6 Å². The highest BCUT2D eigenvalue weighted by Gasteiger charge is 2.54. The molecule has 162 valence electrons. The van der Waals surface area contributed by atoms with Crippen LogP contribution in [0.25, 0.3) is 0 Å². The molecule has 0 aromatic rings. The van der Waals surface area contributed by atoms with Crippen molar-refractivity contribution in [1.82, 2.24) is 0 Å². The van der Waals surface area contributed by atoms with Crippen LogP contribution < -0.4 is 0 Å². The zero-order valence-corrected chi connectivity index (χ0v) is 19.7. The van der Waals surface area contributed by atoms with Crippen LogP contribution in [0.5, 0.6) is 0 Å². The van der Waals surface area contributed by atoms with Crippen molar-refractivity contribution in [3.05, 3.63) is 35.5 Å². The quantitative estimate of drug-likeness (QED) is 0.493. The number of allylic oxidation sites excluding steroid dienone is 6. The molecular formula is C28H44O. The largest absolute Gasteiger partial charge is 0.393 e. The summed E-state index contributed by atoms with van der Waals surface area (Å²) in [5, 5.41) is 10.2. The van der Waals surface area contributed by atoms with Gasteiger partial charge in [-0.3, -0.25) is 0 Å². The lowest BCUT2D eigenvalue weighted by atomic mass is 9.48. The lowest BCUT2D eigenvalue weighted by Crippen LogP contribution is -2.48. The molecule has 8 atom stereocenters. The second-order valence-electron chi connectivity index (χ2n) is 11.8. The van der Waals surface area contributed by atoms with Gasteiger partial charge in [0.15, 0.2) is 0 Å². The van der Waals surface area contributed by atoms with Gasteiger partial charge >= 0.3 is 0 Å². The van der Waals surface area contributed by atoms with Crippen LogP contribution in [0.3, 0.4) is 0 Å². The Morgan fingerprint density at radius 1 is 1.03 bits per heavy atom. The van der Waals surface area contributed by atoms with Crippen LogP contribution in [0.4, 0.5) is 0 Å². The van der Waals surface area contributed by atoms with Crippen molar-refractivity contribution < 1.29 is 5.11 Å². The van der Waals surface area contributed by atoms with Gasteiger partial charge in [-0.25, -0.2) is 0 Å². The summed E-state index contributed by atoms with van der Waals surface area (Å²) in [4.78, 5) is 0. The number of hydrogen-bond acceptors (Lipinski definition) is 1. The third-order valence-corrected chi connectivity index (χ3v) is 9.94. The second kappa shape index (κ2) is 7.70. The third-order valence-electron chi connectivity index (χ3n) is 9.94. The highest BCUT2D eigenvalue weighted by Crippen LogP contribution is 2.64. The first-order valence-corrected chi connectivity index (χ1v) is 12.4. The van der Waals surface area contributed by atoms with E-state index in [0.29, 0.717) is 34.5 Å². The average Bonchev–Trinajstić information content (AvgIpc) is 3.03. The van der Waals surface area contributed by atoms with Gasteiger partial charge in [0.1, 0.15) is 0 Å². The van der Waals surface area contributed by atoms with Crippen molar-refractivity contribution in [3.63, 3.8) is 0 Å². The molecule has 1 nitrogen and oxygen atoms in total. The molecule has 1 heteroatoms. The Bertz CT molecular complexity index is 712. The van der Waals surface area contributed by atoms with E-state index >= 15 is 0 Å². The van der Waals surface area contributed by atoms with Gasteiger partial charge in [-0.2, -0.15) is 0 Å². The van der Waals surface area contributed by atoms with Crippen LogP contribution in [-0.4, -0.2) is 11.2 Å². The fourth-order valence-electron chi connectivity index (χ4n) is 7.48. The summed E-state index contributed by atoms with van der Waals surface area (Å²) < 4.78 is 0. The van der Waals surface area contributed by atoms with Crippen LogP contribution in [0.2, 0.25) is 0 Å². The van der Waals surface area contributed by atoms with Crippen LogP contribution in [0.1, 0.15) is 86.5 Å². The Balaban J connectivity index is 1.59. The van der Waals surface area contributed by atoms with E-state index in [1.54, 1.807) is 11.1 Å². The molecule has 2 fully saturated rings. The minimum absolute atomic E-state index is 0.0484. The smallest absolute Gasteiger partial charge is 0.0543 e. The number of aliphatic hydroxyl groups is 1. The molecule has 0 spiro atoms. The molecule has 2 saturated carbocycles. The maximum Gasteiger partial charge on any atom is 0.0543 e. The van der Waals surface area contributed by atoms with Gasteiger partial charge in [0.05, 0.1) is 6.10 Å². The fourth-order valence-corrected chi connectivity index (χ4v) is 7.48. The van der Waals surface area contributed by atoms with E-state index in [2.05, 4.69) is 65.8 Å². The van der Waals surface area contributed by atoms with Gasteiger partial charge in [-0.15, -0.1) is 0 Å². The lowest BCUT2D eigenvalue weighted by Gasteiger charge is -2.56. The molecule has 1 N–H and O–H groups in total. The number of rotatable bonds is 4. The van der Waals surface area contributed by atoms with E-state index in [0.717, 1.165) is 24.7 Å². The lowest BCUT2D eigenvalue weighted by molar-refractivity contribution is -0.0372. The first kappa shape index (κ1) is 21.4. The first-order valence-electron chi connectivity index (χ1n) is 12.4. The van der Waals surface area contributed by atoms with Gasteiger partial charge in [0, 0.05) is 0 Å². The Labute approximate surface area is 179 Å². The molecule has 0 aromatic heterocycles. The maximum absolute atomic E-state index is 10.2. The van der Waals surface area contributed by atoms with Crippen LogP contribution >= 0.6 is 0 Å². The monoisotopic (exact) mass is 396 g/mol. The van der Waals surface area contributed by atoms with E-state index < -0.39 is 0 Å². The van der Waals surface area contributed by atoms with Gasteiger partial charge in [-0.05, 0) is 96.9 Å². The molecule has 0 bridgehead atoms. The zero-order chi connectivity index (χ0) is 21.0. The molecule has 0 amide bonds. The molecule has 4 aliphatic carbocycles. The number of hydrogen-bond donors (Lipinski definition) is 1. The summed E-state index contributed by atoms with van der Waals surface area (Å²) in [6, 6.07) is 0. The maximum atomic E-state index is 10.2. The van der Waals surface area contributed by atoms with E-state index in [9.17, 15) is 5.11 Å². The number of fused-ring (bicyclic) bond motifs is 4. The summed E-state index contributed by atoms with van der Waals surface area (Å²) in [5.41, 5.74) is 4.26. The summed E-state index contributed by atoms with van der Waals surface area (Å²) in [5.74, 6) is 4.09. The Kier molecular flexibility index (Phi) is 5.69. The zero-order valence-electron chi connectivity index (χ0n) is 19.7. The predicted molar refractivity (Wildman–Crippen MR) is 123 cm³/mol. The summed E-state index contributed by atoms with van der Waals surface area (Å²) >= 11 is 0. The molecule has 0 aromatic carbocycles. The first-order chi connectivity index (χ1) is 13.7. The highest BCUT2D eigenvalue weighted by atomic mass is 16.3. The molecular weight excluding hydrogens is 352 g/mol. The van der Waals surface area contributed by atoms with Gasteiger partial charge < -0.3 is 5.11 Å². The normalized spacial score (nSPS) is 44.0. The number of aliphatic hydroxyl groups excluding tert-OH is 1. The molecule has 4 rings (SSSR count). The van der Waals surface area contributed by atoms with Crippen molar-refractivity contribution >= 4 is 0 Å². The van der Waals surface area contributed by atoms with Crippen LogP contribution in [-0.2, 0) is 0 Å². The van der Waals surface area contributed by atoms with E-state index in [-0.39, 0.29) is 6.10 Å². The Morgan fingerprint density at radius 2 is 1.79 bits per heavy atom. The van der Waals surface area contributed by atoms with Gasteiger partial charge in [0.2, 0.25) is 0 Å².